The van der Waals surface area contributed by atoms with Crippen LogP contribution < -0.4 is 16.2 Å². The first-order chi connectivity index (χ1) is 8.10. The summed E-state index contributed by atoms with van der Waals surface area (Å²) in [5.74, 6) is -0.316. The molecule has 1 aromatic carbocycles. The molecule has 1 amide bonds. The molecule has 0 radical (unpaired) electrons. The van der Waals surface area contributed by atoms with Gasteiger partial charge in [0, 0.05) is 6.54 Å². The summed E-state index contributed by atoms with van der Waals surface area (Å²) in [4.78, 5) is 11.6. The Morgan fingerprint density at radius 2 is 1.95 bits per heavy atom. The lowest BCUT2D eigenvalue weighted by atomic mass is 10.1. The van der Waals surface area contributed by atoms with Crippen LogP contribution >= 0.6 is 12.4 Å². The highest BCUT2D eigenvalue weighted by Crippen LogP contribution is 2.09. The van der Waals surface area contributed by atoms with E-state index >= 15 is 0 Å². The van der Waals surface area contributed by atoms with Crippen molar-refractivity contribution in [3.8, 4) is 0 Å². The minimum absolute atomic E-state index is 0. The Balaban J connectivity index is 0.00000324. The van der Waals surface area contributed by atoms with E-state index in [1.165, 1.54) is 12.1 Å². The van der Waals surface area contributed by atoms with E-state index in [0.717, 1.165) is 0 Å². The van der Waals surface area contributed by atoms with Crippen molar-refractivity contribution in [1.82, 2.24) is 5.32 Å². The van der Waals surface area contributed by atoms with Gasteiger partial charge >= 0.3 is 0 Å². The maximum Gasteiger partial charge on any atom is 0.239 e. The van der Waals surface area contributed by atoms with Gasteiger partial charge < -0.3 is 11.1 Å². The van der Waals surface area contributed by atoms with Crippen molar-refractivity contribution in [3.05, 3.63) is 29.8 Å². The summed E-state index contributed by atoms with van der Waals surface area (Å²) in [5.41, 5.74) is 5.28. The van der Waals surface area contributed by atoms with Gasteiger partial charge in [-0.3, -0.25) is 4.79 Å². The van der Waals surface area contributed by atoms with Crippen LogP contribution in [0.4, 0.5) is 0 Å². The first kappa shape index (κ1) is 17.8. The van der Waals surface area contributed by atoms with Crippen molar-refractivity contribution in [2.45, 2.75) is 30.8 Å². The van der Waals surface area contributed by atoms with Gasteiger partial charge in [-0.25, -0.2) is 13.6 Å². The molecule has 5 N–H and O–H groups in total. The van der Waals surface area contributed by atoms with Gasteiger partial charge in [0.25, 0.3) is 0 Å². The molecular formula is C11H18ClN3O3S. The van der Waals surface area contributed by atoms with Crippen molar-refractivity contribution < 1.29 is 13.2 Å². The van der Waals surface area contributed by atoms with E-state index in [9.17, 15) is 13.2 Å². The highest BCUT2D eigenvalue weighted by Gasteiger charge is 2.21. The summed E-state index contributed by atoms with van der Waals surface area (Å²) in [6.07, 6.45) is 0. The van der Waals surface area contributed by atoms with Crippen LogP contribution in [0.5, 0.6) is 0 Å². The highest BCUT2D eigenvalue weighted by molar-refractivity contribution is 7.89. The highest BCUT2D eigenvalue weighted by atomic mass is 35.5. The number of halogens is 1. The quantitative estimate of drug-likeness (QED) is 0.732. The van der Waals surface area contributed by atoms with Crippen LogP contribution in [0.2, 0.25) is 0 Å². The second-order valence-electron chi connectivity index (χ2n) is 4.60. The lowest BCUT2D eigenvalue weighted by molar-refractivity contribution is -0.125. The lowest BCUT2D eigenvalue weighted by Gasteiger charge is -2.17. The second-order valence-corrected chi connectivity index (χ2v) is 6.16. The maximum atomic E-state index is 11.5. The average Bonchev–Trinajstić information content (AvgIpc) is 2.23. The Hall–Kier alpha value is -1.15. The Morgan fingerprint density at radius 3 is 2.42 bits per heavy atom. The number of carbonyl (C=O) groups excluding carboxylic acids is 1. The van der Waals surface area contributed by atoms with E-state index in [2.05, 4.69) is 5.32 Å². The molecule has 19 heavy (non-hydrogen) atoms. The van der Waals surface area contributed by atoms with Crippen LogP contribution in [0, 0.1) is 0 Å². The number of amides is 1. The predicted octanol–water partition coefficient (Wildman–Crippen LogP) is 0.109. The molecule has 0 aliphatic heterocycles. The third kappa shape index (κ3) is 5.56. The van der Waals surface area contributed by atoms with Crippen LogP contribution in [0.25, 0.3) is 0 Å². The SMILES string of the molecule is CC(C)(N)C(=O)NCc1cccc(S(N)(=O)=O)c1.Cl. The minimum Gasteiger partial charge on any atom is -0.350 e. The summed E-state index contributed by atoms with van der Waals surface area (Å²) in [6, 6.07) is 6.07. The third-order valence-corrected chi connectivity index (χ3v) is 3.18. The molecule has 0 bridgehead atoms. The molecule has 0 saturated heterocycles. The summed E-state index contributed by atoms with van der Waals surface area (Å²) in [5, 5.41) is 7.63. The Bertz CT molecular complexity index is 553. The van der Waals surface area contributed by atoms with Gasteiger partial charge in [0.15, 0.2) is 0 Å². The summed E-state index contributed by atoms with van der Waals surface area (Å²) >= 11 is 0. The van der Waals surface area contributed by atoms with E-state index in [4.69, 9.17) is 10.9 Å². The summed E-state index contributed by atoms with van der Waals surface area (Å²) in [6.45, 7) is 3.37. The van der Waals surface area contributed by atoms with Crippen molar-refractivity contribution in [1.29, 1.82) is 0 Å². The largest absolute Gasteiger partial charge is 0.350 e. The molecule has 0 saturated carbocycles. The van der Waals surface area contributed by atoms with Gasteiger partial charge in [0.05, 0.1) is 10.4 Å². The van der Waals surface area contributed by atoms with Crippen LogP contribution in [-0.4, -0.2) is 19.9 Å². The fourth-order valence-corrected chi connectivity index (χ4v) is 1.83. The number of nitrogens with one attached hydrogen (secondary N) is 1. The Labute approximate surface area is 119 Å². The van der Waals surface area contributed by atoms with Crippen molar-refractivity contribution >= 4 is 28.3 Å². The molecule has 0 aromatic heterocycles. The number of hydrogen-bond acceptors (Lipinski definition) is 4. The topological polar surface area (TPSA) is 115 Å². The minimum atomic E-state index is -3.73. The molecule has 0 spiro atoms. The average molecular weight is 308 g/mol. The standard InChI is InChI=1S/C11H17N3O3S.ClH/c1-11(2,12)10(15)14-7-8-4-3-5-9(6-8)18(13,16)17;/h3-6H,7,12H2,1-2H3,(H,14,15)(H2,13,16,17);1H. The van der Waals surface area contributed by atoms with E-state index in [1.807, 2.05) is 0 Å². The fourth-order valence-electron chi connectivity index (χ4n) is 1.24. The number of rotatable bonds is 4. The predicted molar refractivity (Wildman–Crippen MR) is 75.2 cm³/mol. The van der Waals surface area contributed by atoms with Crippen molar-refractivity contribution in [2.24, 2.45) is 10.9 Å². The number of hydrogen-bond donors (Lipinski definition) is 3. The normalized spacial score (nSPS) is 11.6. The number of benzene rings is 1. The Morgan fingerprint density at radius 1 is 1.37 bits per heavy atom. The van der Waals surface area contributed by atoms with Gasteiger partial charge in [0.1, 0.15) is 0 Å². The number of nitrogens with two attached hydrogens (primary N) is 2. The van der Waals surface area contributed by atoms with E-state index < -0.39 is 15.6 Å². The molecule has 0 aliphatic carbocycles. The molecule has 0 fully saturated rings. The van der Waals surface area contributed by atoms with Crippen LogP contribution in [-0.2, 0) is 21.4 Å². The first-order valence-electron chi connectivity index (χ1n) is 5.29. The van der Waals surface area contributed by atoms with Crippen molar-refractivity contribution in [3.63, 3.8) is 0 Å². The van der Waals surface area contributed by atoms with Crippen LogP contribution in [0.3, 0.4) is 0 Å². The summed E-state index contributed by atoms with van der Waals surface area (Å²) < 4.78 is 22.3. The van der Waals surface area contributed by atoms with Gasteiger partial charge in [-0.1, -0.05) is 12.1 Å². The van der Waals surface area contributed by atoms with Gasteiger partial charge in [-0.2, -0.15) is 0 Å². The fraction of sp³-hybridized carbons (Fsp3) is 0.364. The van der Waals surface area contributed by atoms with Crippen LogP contribution in [0.15, 0.2) is 29.2 Å². The van der Waals surface area contributed by atoms with E-state index in [0.29, 0.717) is 5.56 Å². The molecule has 8 heteroatoms. The molecule has 0 unspecified atom stereocenters. The van der Waals surface area contributed by atoms with Gasteiger partial charge in [0.2, 0.25) is 15.9 Å². The smallest absolute Gasteiger partial charge is 0.239 e. The molecule has 0 heterocycles. The lowest BCUT2D eigenvalue weighted by Crippen LogP contribution is -2.48. The molecule has 0 aliphatic rings. The number of primary sulfonamides is 1. The second kappa shape index (κ2) is 6.33. The van der Waals surface area contributed by atoms with Crippen LogP contribution in [0.1, 0.15) is 19.4 Å². The maximum absolute atomic E-state index is 11.5. The molecule has 108 valence electrons. The molecule has 1 aromatic rings. The molecule has 6 nitrogen and oxygen atoms in total. The molecule has 0 atom stereocenters. The number of sulfonamides is 1. The van der Waals surface area contributed by atoms with Gasteiger partial charge in [-0.05, 0) is 31.5 Å². The molecule has 1 rings (SSSR count). The summed E-state index contributed by atoms with van der Waals surface area (Å²) in [7, 11) is -3.73. The van der Waals surface area contributed by atoms with Crippen molar-refractivity contribution in [2.75, 3.05) is 0 Å². The monoisotopic (exact) mass is 307 g/mol. The zero-order valence-corrected chi connectivity index (χ0v) is 12.3. The Kier molecular flexibility index (Phi) is 5.95. The number of carbonyl (C=O) groups is 1. The third-order valence-electron chi connectivity index (χ3n) is 2.27. The van der Waals surface area contributed by atoms with E-state index in [1.54, 1.807) is 26.0 Å². The zero-order valence-electron chi connectivity index (χ0n) is 10.7. The van der Waals surface area contributed by atoms with E-state index in [-0.39, 0.29) is 29.8 Å². The first-order valence-corrected chi connectivity index (χ1v) is 6.84. The molecular weight excluding hydrogens is 290 g/mol. The zero-order chi connectivity index (χ0) is 14.0. The van der Waals surface area contributed by atoms with Gasteiger partial charge in [-0.15, -0.1) is 12.4 Å².